The Kier molecular flexibility index (Phi) is 5.38. The van der Waals surface area contributed by atoms with Gasteiger partial charge in [-0.2, -0.15) is 4.31 Å². The minimum atomic E-state index is -3.51. The minimum Gasteiger partial charge on any atom is -0.322 e. The van der Waals surface area contributed by atoms with E-state index in [-0.39, 0.29) is 10.8 Å². The van der Waals surface area contributed by atoms with Crippen LogP contribution in [0.5, 0.6) is 0 Å². The fraction of sp³-hybridized carbons (Fsp3) is 0.368. The summed E-state index contributed by atoms with van der Waals surface area (Å²) in [6.07, 6.45) is 4.12. The molecular weight excluding hydrogens is 350 g/mol. The molecule has 0 spiro atoms. The monoisotopic (exact) mass is 373 g/mol. The maximum atomic E-state index is 12.9. The lowest BCUT2D eigenvalue weighted by Crippen LogP contribution is -2.42. The number of pyridine rings is 1. The Hall–Kier alpha value is -2.25. The number of aromatic nitrogens is 1. The van der Waals surface area contributed by atoms with Crippen molar-refractivity contribution in [1.29, 1.82) is 0 Å². The number of sulfonamides is 1. The van der Waals surface area contributed by atoms with E-state index in [0.717, 1.165) is 6.42 Å². The van der Waals surface area contributed by atoms with Gasteiger partial charge in [-0.15, -0.1) is 0 Å². The van der Waals surface area contributed by atoms with E-state index >= 15 is 0 Å². The summed E-state index contributed by atoms with van der Waals surface area (Å²) >= 11 is 0. The predicted molar refractivity (Wildman–Crippen MR) is 100 cm³/mol. The fourth-order valence-corrected chi connectivity index (χ4v) is 5.04. The number of carbonyl (C=O) groups excluding carboxylic acids is 1. The van der Waals surface area contributed by atoms with Crippen LogP contribution >= 0.6 is 0 Å². The van der Waals surface area contributed by atoms with Crippen molar-refractivity contribution in [3.05, 3.63) is 54.4 Å². The summed E-state index contributed by atoms with van der Waals surface area (Å²) in [5.74, 6) is 0.422. The molecule has 2 aromatic rings. The number of carbonyl (C=O) groups is 1. The molecule has 0 aliphatic carbocycles. The van der Waals surface area contributed by atoms with Gasteiger partial charge in [-0.25, -0.2) is 8.42 Å². The maximum Gasteiger partial charge on any atom is 0.257 e. The Morgan fingerprint density at radius 2 is 1.77 bits per heavy atom. The molecule has 1 aromatic carbocycles. The minimum absolute atomic E-state index is 0.248. The zero-order valence-corrected chi connectivity index (χ0v) is 15.7. The highest BCUT2D eigenvalue weighted by Crippen LogP contribution is 2.27. The summed E-state index contributed by atoms with van der Waals surface area (Å²) in [5.41, 5.74) is 0.985. The SMILES string of the molecule is C[C@H]1C[C@H](C)CN(S(=O)(=O)c2ccc(NC(=O)c3cccnc3)cc2)C1. The summed E-state index contributed by atoms with van der Waals surface area (Å²) in [6, 6.07) is 9.65. The number of benzene rings is 1. The number of hydrogen-bond donors (Lipinski definition) is 1. The Labute approximate surface area is 154 Å². The van der Waals surface area contributed by atoms with E-state index in [1.807, 2.05) is 0 Å². The summed E-state index contributed by atoms with van der Waals surface area (Å²) in [6.45, 7) is 5.25. The van der Waals surface area contributed by atoms with Crippen molar-refractivity contribution in [3.8, 4) is 0 Å². The molecule has 1 amide bonds. The first kappa shape index (κ1) is 18.5. The zero-order chi connectivity index (χ0) is 18.7. The lowest BCUT2D eigenvalue weighted by atomic mass is 9.94. The number of amides is 1. The Balaban J connectivity index is 1.73. The van der Waals surface area contributed by atoms with Crippen LogP contribution in [-0.4, -0.2) is 36.7 Å². The van der Waals surface area contributed by atoms with Crippen molar-refractivity contribution in [2.24, 2.45) is 11.8 Å². The third kappa shape index (κ3) is 4.11. The lowest BCUT2D eigenvalue weighted by molar-refractivity contribution is 0.102. The molecule has 1 aliphatic rings. The molecule has 6 nitrogen and oxygen atoms in total. The van der Waals surface area contributed by atoms with Gasteiger partial charge in [0.25, 0.3) is 5.91 Å². The lowest BCUT2D eigenvalue weighted by Gasteiger charge is -2.34. The number of hydrogen-bond acceptors (Lipinski definition) is 4. The van der Waals surface area contributed by atoms with E-state index in [2.05, 4.69) is 24.1 Å². The van der Waals surface area contributed by atoms with Crippen LogP contribution in [0.1, 0.15) is 30.6 Å². The Morgan fingerprint density at radius 1 is 1.12 bits per heavy atom. The molecule has 138 valence electrons. The number of piperidine rings is 1. The molecule has 0 unspecified atom stereocenters. The normalized spacial score (nSPS) is 21.3. The smallest absolute Gasteiger partial charge is 0.257 e. The molecule has 1 aliphatic heterocycles. The number of nitrogens with zero attached hydrogens (tertiary/aromatic N) is 2. The van der Waals surface area contributed by atoms with Crippen molar-refractivity contribution in [1.82, 2.24) is 9.29 Å². The van der Waals surface area contributed by atoms with Gasteiger partial charge < -0.3 is 5.32 Å². The van der Waals surface area contributed by atoms with Crippen LogP contribution in [0.25, 0.3) is 0 Å². The Morgan fingerprint density at radius 3 is 2.35 bits per heavy atom. The van der Waals surface area contributed by atoms with Gasteiger partial charge in [-0.1, -0.05) is 13.8 Å². The van der Waals surface area contributed by atoms with E-state index in [9.17, 15) is 13.2 Å². The molecule has 1 saturated heterocycles. The van der Waals surface area contributed by atoms with Crippen LogP contribution in [0.2, 0.25) is 0 Å². The molecular formula is C19H23N3O3S. The van der Waals surface area contributed by atoms with E-state index in [0.29, 0.717) is 36.2 Å². The van der Waals surface area contributed by atoms with Gasteiger partial charge in [0.15, 0.2) is 0 Å². The van der Waals surface area contributed by atoms with Crippen LogP contribution < -0.4 is 5.32 Å². The molecule has 2 heterocycles. The van der Waals surface area contributed by atoms with Crippen LogP contribution in [0.15, 0.2) is 53.7 Å². The van der Waals surface area contributed by atoms with Crippen LogP contribution in [-0.2, 0) is 10.0 Å². The van der Waals surface area contributed by atoms with Crippen molar-refractivity contribution in [3.63, 3.8) is 0 Å². The van der Waals surface area contributed by atoms with Crippen molar-refractivity contribution >= 4 is 21.6 Å². The second-order valence-electron chi connectivity index (χ2n) is 6.99. The maximum absolute atomic E-state index is 12.9. The highest BCUT2D eigenvalue weighted by atomic mass is 32.2. The van der Waals surface area contributed by atoms with Crippen LogP contribution in [0.3, 0.4) is 0 Å². The molecule has 2 atom stereocenters. The van der Waals surface area contributed by atoms with Crippen molar-refractivity contribution in [2.75, 3.05) is 18.4 Å². The van der Waals surface area contributed by atoms with Gasteiger partial charge in [0.2, 0.25) is 10.0 Å². The third-order valence-corrected chi connectivity index (χ3v) is 6.35. The summed E-state index contributed by atoms with van der Waals surface area (Å²) in [4.78, 5) is 16.3. The Bertz CT molecular complexity index is 857. The van der Waals surface area contributed by atoms with Gasteiger partial charge >= 0.3 is 0 Å². The fourth-order valence-electron chi connectivity index (χ4n) is 3.36. The first-order valence-electron chi connectivity index (χ1n) is 8.68. The van der Waals surface area contributed by atoms with Crippen molar-refractivity contribution in [2.45, 2.75) is 25.2 Å². The summed E-state index contributed by atoms with van der Waals surface area (Å²) in [5, 5.41) is 2.74. The second kappa shape index (κ2) is 7.55. The molecule has 1 N–H and O–H groups in total. The molecule has 0 bridgehead atoms. The molecule has 1 aromatic heterocycles. The van der Waals surface area contributed by atoms with Crippen molar-refractivity contribution < 1.29 is 13.2 Å². The molecule has 26 heavy (non-hydrogen) atoms. The second-order valence-corrected chi connectivity index (χ2v) is 8.93. The molecule has 3 rings (SSSR count). The zero-order valence-electron chi connectivity index (χ0n) is 14.9. The molecule has 1 fully saturated rings. The van der Waals surface area contributed by atoms with E-state index in [1.54, 1.807) is 34.8 Å². The number of anilines is 1. The average molecular weight is 373 g/mol. The third-order valence-electron chi connectivity index (χ3n) is 4.51. The van der Waals surface area contributed by atoms with Gasteiger partial charge in [-0.05, 0) is 54.7 Å². The van der Waals surface area contributed by atoms with Crippen LogP contribution in [0.4, 0.5) is 5.69 Å². The van der Waals surface area contributed by atoms with Gasteiger partial charge in [0.05, 0.1) is 10.5 Å². The summed E-state index contributed by atoms with van der Waals surface area (Å²) in [7, 11) is -3.51. The predicted octanol–water partition coefficient (Wildman–Crippen LogP) is 3.00. The average Bonchev–Trinajstić information content (AvgIpc) is 2.62. The first-order chi connectivity index (χ1) is 12.4. The first-order valence-corrected chi connectivity index (χ1v) is 10.1. The highest BCUT2D eigenvalue weighted by Gasteiger charge is 2.31. The quantitative estimate of drug-likeness (QED) is 0.893. The van der Waals surface area contributed by atoms with E-state index < -0.39 is 10.0 Å². The molecule has 0 radical (unpaired) electrons. The topological polar surface area (TPSA) is 79.4 Å². The number of rotatable bonds is 4. The number of nitrogens with one attached hydrogen (secondary N) is 1. The summed E-state index contributed by atoms with van der Waals surface area (Å²) < 4.78 is 27.3. The van der Waals surface area contributed by atoms with E-state index in [1.165, 1.54) is 18.3 Å². The molecule has 7 heteroatoms. The van der Waals surface area contributed by atoms with Gasteiger partial charge in [0, 0.05) is 31.2 Å². The van der Waals surface area contributed by atoms with Crippen LogP contribution in [0, 0.1) is 11.8 Å². The molecule has 0 saturated carbocycles. The van der Waals surface area contributed by atoms with Gasteiger partial charge in [0.1, 0.15) is 0 Å². The largest absolute Gasteiger partial charge is 0.322 e. The van der Waals surface area contributed by atoms with E-state index in [4.69, 9.17) is 0 Å². The standard InChI is InChI=1S/C19H23N3O3S/c1-14-10-15(2)13-22(12-14)26(24,25)18-7-5-17(6-8-18)21-19(23)16-4-3-9-20-11-16/h3-9,11,14-15H,10,12-13H2,1-2H3,(H,21,23)/t14-,15-/m0/s1. The van der Waals surface area contributed by atoms with Gasteiger partial charge in [-0.3, -0.25) is 9.78 Å². The highest BCUT2D eigenvalue weighted by molar-refractivity contribution is 7.89.